The largest absolute Gasteiger partial charge is 0.463 e. The predicted molar refractivity (Wildman–Crippen MR) is 143 cm³/mol. The molecule has 8 atom stereocenters. The molecule has 2 heterocycles. The van der Waals surface area contributed by atoms with Gasteiger partial charge >= 0.3 is 35.8 Å². The summed E-state index contributed by atoms with van der Waals surface area (Å²) in [5.74, 6) is -3.63. The van der Waals surface area contributed by atoms with Gasteiger partial charge in [-0.2, -0.15) is 0 Å². The summed E-state index contributed by atoms with van der Waals surface area (Å²) in [7, 11) is 0. The lowest BCUT2D eigenvalue weighted by atomic mass is 10.0. The number of ether oxygens (including phenoxy) is 10. The van der Waals surface area contributed by atoms with Crippen molar-refractivity contribution in [2.75, 3.05) is 26.4 Å². The van der Waals surface area contributed by atoms with Crippen LogP contribution in [0.4, 0.5) is 0 Å². The molecule has 0 unspecified atom stereocenters. The normalized spacial score (nSPS) is 28.4. The van der Waals surface area contributed by atoms with Crippen LogP contribution in [0, 0.1) is 0 Å². The first-order valence-electron chi connectivity index (χ1n) is 13.9. The van der Waals surface area contributed by atoms with E-state index in [4.69, 9.17) is 47.4 Å². The van der Waals surface area contributed by atoms with Gasteiger partial charge in [-0.3, -0.25) is 28.8 Å². The Morgan fingerprint density at radius 3 is 1.18 bits per heavy atom. The van der Waals surface area contributed by atoms with Gasteiger partial charge in [0.25, 0.3) is 0 Å². The Labute approximate surface area is 254 Å². The molecule has 0 aromatic heterocycles. The fourth-order valence-electron chi connectivity index (χ4n) is 4.47. The van der Waals surface area contributed by atoms with E-state index in [1.807, 2.05) is 0 Å². The third kappa shape index (κ3) is 13.4. The van der Waals surface area contributed by atoms with E-state index >= 15 is 0 Å². The highest BCUT2D eigenvalue weighted by Crippen LogP contribution is 2.28. The molecule has 0 aromatic carbocycles. The van der Waals surface area contributed by atoms with Gasteiger partial charge in [0.15, 0.2) is 24.8 Å². The number of hydrogen-bond acceptors (Lipinski definition) is 16. The van der Waals surface area contributed by atoms with Crippen molar-refractivity contribution in [1.29, 1.82) is 0 Å². The number of esters is 6. The van der Waals surface area contributed by atoms with Crippen molar-refractivity contribution in [1.82, 2.24) is 0 Å². The summed E-state index contributed by atoms with van der Waals surface area (Å²) in [5.41, 5.74) is 0. The van der Waals surface area contributed by atoms with E-state index in [1.165, 1.54) is 41.5 Å². The van der Waals surface area contributed by atoms with Gasteiger partial charge in [0.1, 0.15) is 37.6 Å². The van der Waals surface area contributed by atoms with Gasteiger partial charge in [0, 0.05) is 54.4 Å². The molecule has 248 valence electrons. The van der Waals surface area contributed by atoms with Crippen LogP contribution in [0.3, 0.4) is 0 Å². The molecule has 0 bridgehead atoms. The SMILES string of the molecule is CC(=O)OC[C@H]1O[C@H](OC/C=C/CO[C@@H]2C[C@@H](OC(C)=O)[C@@H](OC(C)=O)[C@@H](COC(C)=O)O2)C[C@@H](OC(C)=O)[C@H]1OC(C)=O. The van der Waals surface area contributed by atoms with Gasteiger partial charge in [0.2, 0.25) is 0 Å². The molecule has 0 aromatic rings. The highest BCUT2D eigenvalue weighted by Gasteiger charge is 2.45. The number of carbonyl (C=O) groups excluding carboxylic acids is 6. The molecule has 2 aliphatic rings. The molecule has 0 amide bonds. The lowest BCUT2D eigenvalue weighted by Crippen LogP contribution is -2.54. The van der Waals surface area contributed by atoms with Crippen LogP contribution in [-0.2, 0) is 76.1 Å². The third-order valence-electron chi connectivity index (χ3n) is 6.03. The first-order chi connectivity index (χ1) is 20.7. The van der Waals surface area contributed by atoms with E-state index < -0.39 is 85.0 Å². The van der Waals surface area contributed by atoms with Gasteiger partial charge in [-0.05, 0) is 0 Å². The average Bonchev–Trinajstić information content (AvgIpc) is 2.90. The summed E-state index contributed by atoms with van der Waals surface area (Å²) in [5, 5.41) is 0. The van der Waals surface area contributed by atoms with Crippen LogP contribution in [0.1, 0.15) is 54.4 Å². The second-order valence-electron chi connectivity index (χ2n) is 9.87. The summed E-state index contributed by atoms with van der Waals surface area (Å²) in [4.78, 5) is 69.3. The Kier molecular flexibility index (Phi) is 15.2. The van der Waals surface area contributed by atoms with Crippen LogP contribution in [0.25, 0.3) is 0 Å². The van der Waals surface area contributed by atoms with E-state index in [0.717, 1.165) is 0 Å². The lowest BCUT2D eigenvalue weighted by molar-refractivity contribution is -0.264. The Hall–Kier alpha value is -3.60. The Bertz CT molecular complexity index is 961. The Morgan fingerprint density at radius 2 is 0.886 bits per heavy atom. The van der Waals surface area contributed by atoms with E-state index in [1.54, 1.807) is 12.2 Å². The summed E-state index contributed by atoms with van der Waals surface area (Å²) < 4.78 is 54.4. The maximum Gasteiger partial charge on any atom is 0.303 e. The second kappa shape index (κ2) is 18.3. The highest BCUT2D eigenvalue weighted by atomic mass is 16.7. The minimum Gasteiger partial charge on any atom is -0.463 e. The molecule has 2 rings (SSSR count). The van der Waals surface area contributed by atoms with Crippen molar-refractivity contribution in [3.8, 4) is 0 Å². The van der Waals surface area contributed by atoms with E-state index in [9.17, 15) is 28.8 Å². The monoisotopic (exact) mass is 632 g/mol. The van der Waals surface area contributed by atoms with Crippen LogP contribution < -0.4 is 0 Å². The summed E-state index contributed by atoms with van der Waals surface area (Å²) in [6.07, 6.45) is -4.25. The van der Waals surface area contributed by atoms with Crippen LogP contribution in [0.5, 0.6) is 0 Å². The van der Waals surface area contributed by atoms with Crippen LogP contribution in [0.2, 0.25) is 0 Å². The van der Waals surface area contributed by atoms with Crippen molar-refractivity contribution >= 4 is 35.8 Å². The maximum absolute atomic E-state index is 11.7. The molecule has 44 heavy (non-hydrogen) atoms. The van der Waals surface area contributed by atoms with Crippen LogP contribution in [-0.4, -0.2) is 111 Å². The molecule has 16 heteroatoms. The fraction of sp³-hybridized carbons (Fsp3) is 0.714. The van der Waals surface area contributed by atoms with Gasteiger partial charge in [0.05, 0.1) is 13.2 Å². The summed E-state index contributed by atoms with van der Waals surface area (Å²) in [6.45, 7) is 6.76. The summed E-state index contributed by atoms with van der Waals surface area (Å²) in [6, 6.07) is 0. The molecule has 0 radical (unpaired) electrons. The minimum atomic E-state index is -1.02. The zero-order valence-electron chi connectivity index (χ0n) is 25.5. The molecule has 2 fully saturated rings. The molecule has 0 saturated carbocycles. The maximum atomic E-state index is 11.7. The number of rotatable bonds is 14. The van der Waals surface area contributed by atoms with Crippen molar-refractivity contribution in [2.24, 2.45) is 0 Å². The van der Waals surface area contributed by atoms with Crippen molar-refractivity contribution in [3.05, 3.63) is 12.2 Å². The zero-order chi connectivity index (χ0) is 32.8. The van der Waals surface area contributed by atoms with Gasteiger partial charge in [-0.25, -0.2) is 0 Å². The first kappa shape index (κ1) is 36.6. The Morgan fingerprint density at radius 1 is 0.545 bits per heavy atom. The van der Waals surface area contributed by atoms with E-state index in [2.05, 4.69) is 0 Å². The molecule has 2 aliphatic heterocycles. The van der Waals surface area contributed by atoms with E-state index in [0.29, 0.717) is 0 Å². The molecule has 0 spiro atoms. The molecule has 16 nitrogen and oxygen atoms in total. The van der Waals surface area contributed by atoms with Gasteiger partial charge in [-0.1, -0.05) is 12.2 Å². The zero-order valence-corrected chi connectivity index (χ0v) is 25.5. The molecule has 2 saturated heterocycles. The standard InChI is InChI=1S/C28H40O16/c1-15(29)37-13-23-27(41-19(5)33)21(39-17(3)31)11-25(43-23)35-9-7-8-10-36-26-12-22(40-18(4)32)28(42-20(6)34)24(44-26)14-38-16(2)30/h7-8,21-28H,9-14H2,1-6H3/b8-7+/t21-,22-,23-,24-,25+,26+,27-,28-/m1/s1. The smallest absolute Gasteiger partial charge is 0.303 e. The van der Waals surface area contributed by atoms with Crippen molar-refractivity contribution in [2.45, 2.75) is 104 Å². The topological polar surface area (TPSA) is 195 Å². The molecule has 0 N–H and O–H groups in total. The lowest BCUT2D eigenvalue weighted by Gasteiger charge is -2.39. The van der Waals surface area contributed by atoms with Crippen LogP contribution >= 0.6 is 0 Å². The number of carbonyl (C=O) groups is 6. The molecule has 0 aliphatic carbocycles. The molecular weight excluding hydrogens is 592 g/mol. The highest BCUT2D eigenvalue weighted by molar-refractivity contribution is 5.68. The minimum absolute atomic E-state index is 0.0323. The molecular formula is C28H40O16. The van der Waals surface area contributed by atoms with Gasteiger partial charge in [-0.15, -0.1) is 0 Å². The van der Waals surface area contributed by atoms with Gasteiger partial charge < -0.3 is 47.4 Å². The van der Waals surface area contributed by atoms with Crippen molar-refractivity contribution in [3.63, 3.8) is 0 Å². The summed E-state index contributed by atoms with van der Waals surface area (Å²) >= 11 is 0. The second-order valence-corrected chi connectivity index (χ2v) is 9.87. The van der Waals surface area contributed by atoms with Crippen LogP contribution in [0.15, 0.2) is 12.2 Å². The third-order valence-corrected chi connectivity index (χ3v) is 6.03. The number of hydrogen-bond donors (Lipinski definition) is 0. The fourth-order valence-corrected chi connectivity index (χ4v) is 4.47. The first-order valence-corrected chi connectivity index (χ1v) is 13.9. The predicted octanol–water partition coefficient (Wildman–Crippen LogP) is 0.659. The van der Waals surface area contributed by atoms with Crippen molar-refractivity contribution < 1.29 is 76.1 Å². The average molecular weight is 633 g/mol. The quantitative estimate of drug-likeness (QED) is 0.147. The van der Waals surface area contributed by atoms with E-state index in [-0.39, 0.29) is 39.3 Å². The Balaban J connectivity index is 1.97.